The van der Waals surface area contributed by atoms with Gasteiger partial charge in [-0.05, 0) is 18.2 Å². The summed E-state index contributed by atoms with van der Waals surface area (Å²) < 4.78 is 25.0. The second-order valence-electron chi connectivity index (χ2n) is 3.45. The van der Waals surface area contributed by atoms with Crippen molar-refractivity contribution in [3.8, 4) is 12.3 Å². The van der Waals surface area contributed by atoms with E-state index in [1.165, 1.54) is 12.1 Å². The summed E-state index contributed by atoms with van der Waals surface area (Å²) >= 11 is 11.4. The van der Waals surface area contributed by atoms with Crippen molar-refractivity contribution in [3.05, 3.63) is 28.2 Å². The lowest BCUT2D eigenvalue weighted by atomic mass is 10.4. The largest absolute Gasteiger partial charge is 0.480 e. The zero-order chi connectivity index (χ0) is 14.6. The topological polar surface area (TPSA) is 74.7 Å². The van der Waals surface area contributed by atoms with Gasteiger partial charge in [0.05, 0.1) is 21.5 Å². The Morgan fingerprint density at radius 3 is 2.47 bits per heavy atom. The number of nitrogens with zero attached hydrogens (tertiary/aromatic N) is 1. The van der Waals surface area contributed by atoms with E-state index >= 15 is 0 Å². The highest BCUT2D eigenvalue weighted by Gasteiger charge is 2.26. The van der Waals surface area contributed by atoms with Crippen LogP contribution < -0.4 is 0 Å². The lowest BCUT2D eigenvalue weighted by molar-refractivity contribution is -0.137. The summed E-state index contributed by atoms with van der Waals surface area (Å²) in [6, 6.07) is 3.69. The van der Waals surface area contributed by atoms with Crippen LogP contribution in [-0.2, 0) is 14.8 Å². The summed E-state index contributed by atoms with van der Waals surface area (Å²) in [5.41, 5.74) is 0. The number of rotatable bonds is 5. The van der Waals surface area contributed by atoms with Crippen LogP contribution in [0, 0.1) is 12.3 Å². The van der Waals surface area contributed by atoms with Crippen molar-refractivity contribution in [3.63, 3.8) is 0 Å². The predicted molar refractivity (Wildman–Crippen MR) is 71.7 cm³/mol. The molecule has 0 saturated heterocycles. The quantitative estimate of drug-likeness (QED) is 0.838. The van der Waals surface area contributed by atoms with E-state index in [1.807, 2.05) is 0 Å². The Bertz CT molecular complexity index is 637. The van der Waals surface area contributed by atoms with Gasteiger partial charge in [-0.3, -0.25) is 4.79 Å². The first-order valence-electron chi connectivity index (χ1n) is 4.89. The molecule has 0 bridgehead atoms. The SMILES string of the molecule is C#CCN(CC(=O)O)S(=O)(=O)c1ccc(Cl)c(Cl)c1. The third kappa shape index (κ3) is 3.85. The third-order valence-electron chi connectivity index (χ3n) is 2.11. The second-order valence-corrected chi connectivity index (χ2v) is 6.20. The predicted octanol–water partition coefficient (Wildman–Crippen LogP) is 1.70. The summed E-state index contributed by atoms with van der Waals surface area (Å²) in [5, 5.41) is 8.95. The highest BCUT2D eigenvalue weighted by molar-refractivity contribution is 7.89. The molecule has 0 saturated carbocycles. The average Bonchev–Trinajstić information content (AvgIpc) is 2.31. The first-order valence-corrected chi connectivity index (χ1v) is 7.09. The lowest BCUT2D eigenvalue weighted by Gasteiger charge is -2.18. The number of terminal acetylenes is 1. The Balaban J connectivity index is 3.22. The molecule has 0 atom stereocenters. The van der Waals surface area contributed by atoms with E-state index in [4.69, 9.17) is 34.7 Å². The Kier molecular flexibility index (Phi) is 5.20. The fourth-order valence-electron chi connectivity index (χ4n) is 1.26. The zero-order valence-corrected chi connectivity index (χ0v) is 11.8. The minimum atomic E-state index is -4.03. The summed E-state index contributed by atoms with van der Waals surface area (Å²) in [7, 11) is -4.03. The van der Waals surface area contributed by atoms with Gasteiger partial charge >= 0.3 is 5.97 Å². The molecule has 102 valence electrons. The molecule has 0 aliphatic carbocycles. The standard InChI is InChI=1S/C11H9Cl2NO4S/c1-2-5-14(7-11(15)16)19(17,18)8-3-4-9(12)10(13)6-8/h1,3-4,6H,5,7H2,(H,15,16). The first-order chi connectivity index (χ1) is 8.78. The Labute approximate surface area is 120 Å². The van der Waals surface area contributed by atoms with Gasteiger partial charge in [0, 0.05) is 0 Å². The number of sulfonamides is 1. The van der Waals surface area contributed by atoms with Gasteiger partial charge in [0.2, 0.25) is 10.0 Å². The Morgan fingerprint density at radius 1 is 1.37 bits per heavy atom. The molecule has 1 aromatic rings. The monoisotopic (exact) mass is 321 g/mol. The average molecular weight is 322 g/mol. The first kappa shape index (κ1) is 15.8. The van der Waals surface area contributed by atoms with Crippen LogP contribution in [0.5, 0.6) is 0 Å². The molecule has 0 radical (unpaired) electrons. The molecule has 0 aliphatic rings. The van der Waals surface area contributed by atoms with Crippen LogP contribution in [0.4, 0.5) is 0 Å². The molecule has 5 nitrogen and oxygen atoms in total. The molecule has 0 unspecified atom stereocenters. The summed E-state index contributed by atoms with van der Waals surface area (Å²) in [6.07, 6.45) is 5.04. The number of aliphatic carboxylic acids is 1. The minimum Gasteiger partial charge on any atom is -0.480 e. The van der Waals surface area contributed by atoms with Gasteiger partial charge in [0.25, 0.3) is 0 Å². The van der Waals surface area contributed by atoms with Crippen LogP contribution in [-0.4, -0.2) is 36.9 Å². The maximum atomic E-state index is 12.2. The van der Waals surface area contributed by atoms with Crippen molar-refractivity contribution in [2.45, 2.75) is 4.90 Å². The van der Waals surface area contributed by atoms with Crippen LogP contribution in [0.15, 0.2) is 23.1 Å². The van der Waals surface area contributed by atoms with Crippen LogP contribution in [0.2, 0.25) is 10.0 Å². The van der Waals surface area contributed by atoms with Gasteiger partial charge < -0.3 is 5.11 Å². The van der Waals surface area contributed by atoms with E-state index in [0.717, 1.165) is 6.07 Å². The number of carbonyl (C=O) groups is 1. The number of hydrogen-bond donors (Lipinski definition) is 1. The molecule has 1 N–H and O–H groups in total. The van der Waals surface area contributed by atoms with E-state index < -0.39 is 22.5 Å². The normalized spacial score (nSPS) is 11.3. The number of hydrogen-bond acceptors (Lipinski definition) is 3. The van der Waals surface area contributed by atoms with Crippen molar-refractivity contribution in [1.82, 2.24) is 4.31 Å². The van der Waals surface area contributed by atoms with Crippen LogP contribution >= 0.6 is 23.2 Å². The van der Waals surface area contributed by atoms with Gasteiger partial charge in [0.1, 0.15) is 6.54 Å². The molecule has 19 heavy (non-hydrogen) atoms. The van der Waals surface area contributed by atoms with Crippen molar-refractivity contribution >= 4 is 39.2 Å². The maximum Gasteiger partial charge on any atom is 0.318 e. The highest BCUT2D eigenvalue weighted by Crippen LogP contribution is 2.26. The molecule has 0 amide bonds. The number of carboxylic acids is 1. The van der Waals surface area contributed by atoms with Gasteiger partial charge in [-0.1, -0.05) is 29.1 Å². The third-order valence-corrected chi connectivity index (χ3v) is 4.63. The van der Waals surface area contributed by atoms with Gasteiger partial charge in [-0.25, -0.2) is 8.42 Å². The van der Waals surface area contributed by atoms with Gasteiger partial charge in [-0.15, -0.1) is 6.42 Å². The summed E-state index contributed by atoms with van der Waals surface area (Å²) in [6.45, 7) is -1.08. The van der Waals surface area contributed by atoms with E-state index in [1.54, 1.807) is 0 Å². The second kappa shape index (κ2) is 6.26. The molecule has 8 heteroatoms. The van der Waals surface area contributed by atoms with Crippen LogP contribution in [0.1, 0.15) is 0 Å². The van der Waals surface area contributed by atoms with E-state index in [2.05, 4.69) is 5.92 Å². The van der Waals surface area contributed by atoms with Gasteiger partial charge in [0.15, 0.2) is 0 Å². The van der Waals surface area contributed by atoms with Crippen molar-refractivity contribution in [2.24, 2.45) is 0 Å². The fourth-order valence-corrected chi connectivity index (χ4v) is 2.96. The molecule has 0 fully saturated rings. The summed E-state index contributed by atoms with van der Waals surface area (Å²) in [4.78, 5) is 10.5. The molecule has 0 aromatic heterocycles. The molecule has 1 aromatic carbocycles. The number of carboxylic acid groups (broad SMARTS) is 1. The molecule has 0 aliphatic heterocycles. The van der Waals surface area contributed by atoms with Crippen molar-refractivity contribution in [2.75, 3.05) is 13.1 Å². The molecular formula is C11H9Cl2NO4S. The molecule has 0 heterocycles. The minimum absolute atomic E-state index is 0.0544. The van der Waals surface area contributed by atoms with E-state index in [0.29, 0.717) is 4.31 Å². The lowest BCUT2D eigenvalue weighted by Crippen LogP contribution is -2.36. The Hall–Kier alpha value is -1.26. The smallest absolute Gasteiger partial charge is 0.318 e. The zero-order valence-electron chi connectivity index (χ0n) is 9.51. The van der Waals surface area contributed by atoms with E-state index in [-0.39, 0.29) is 21.5 Å². The number of benzene rings is 1. The Morgan fingerprint density at radius 2 is 2.00 bits per heavy atom. The van der Waals surface area contributed by atoms with Crippen LogP contribution in [0.3, 0.4) is 0 Å². The maximum absolute atomic E-state index is 12.2. The van der Waals surface area contributed by atoms with Crippen LogP contribution in [0.25, 0.3) is 0 Å². The molecular weight excluding hydrogens is 313 g/mol. The van der Waals surface area contributed by atoms with Crippen molar-refractivity contribution < 1.29 is 18.3 Å². The highest BCUT2D eigenvalue weighted by atomic mass is 35.5. The number of halogens is 2. The molecule has 0 spiro atoms. The fraction of sp³-hybridized carbons (Fsp3) is 0.182. The van der Waals surface area contributed by atoms with Gasteiger partial charge in [-0.2, -0.15) is 4.31 Å². The summed E-state index contributed by atoms with van der Waals surface area (Å²) in [5.74, 6) is 0.793. The van der Waals surface area contributed by atoms with E-state index in [9.17, 15) is 13.2 Å². The molecule has 1 rings (SSSR count). The van der Waals surface area contributed by atoms with Crippen molar-refractivity contribution in [1.29, 1.82) is 0 Å².